The van der Waals surface area contributed by atoms with Crippen LogP contribution in [0.25, 0.3) is 0 Å². The minimum Gasteiger partial charge on any atom is -0.475 e. The summed E-state index contributed by atoms with van der Waals surface area (Å²) in [4.78, 5) is 29.1. The third kappa shape index (κ3) is 7.61. The molecule has 0 fully saturated rings. The number of rotatable bonds is 5. The molecular formula is C10H21O8P. The lowest BCUT2D eigenvalue weighted by atomic mass is 10.2. The normalized spacial score (nSPS) is 14.5. The fourth-order valence-corrected chi connectivity index (χ4v) is 1.61. The van der Waals surface area contributed by atoms with Crippen molar-refractivity contribution in [3.63, 3.8) is 0 Å². The van der Waals surface area contributed by atoms with Crippen LogP contribution in [0.5, 0.6) is 0 Å². The molecule has 8 nitrogen and oxygen atoms in total. The Morgan fingerprint density at radius 2 is 1.26 bits per heavy atom. The Hall–Kier alpha value is -0.500. The van der Waals surface area contributed by atoms with Gasteiger partial charge in [0.1, 0.15) is 0 Å². The van der Waals surface area contributed by atoms with Crippen LogP contribution in [0.3, 0.4) is 0 Å². The number of aliphatic carboxylic acids is 1. The summed E-state index contributed by atoms with van der Waals surface area (Å²) in [5.41, 5.74) is -2.14. The Labute approximate surface area is 111 Å². The van der Waals surface area contributed by atoms with E-state index in [4.69, 9.17) is 19.3 Å². The molecule has 0 aliphatic heterocycles. The zero-order chi connectivity index (χ0) is 15.7. The number of carboxylic acids is 1. The first-order valence-corrected chi connectivity index (χ1v) is 6.99. The van der Waals surface area contributed by atoms with Crippen LogP contribution in [0.15, 0.2) is 0 Å². The van der Waals surface area contributed by atoms with Gasteiger partial charge in [-0.2, -0.15) is 0 Å². The van der Waals surface area contributed by atoms with Gasteiger partial charge in [-0.25, -0.2) is 13.9 Å². The number of hydrogen-bond donors (Lipinski definition) is 3. The van der Waals surface area contributed by atoms with E-state index in [0.717, 1.165) is 0 Å². The average Bonchev–Trinajstić information content (AvgIpc) is 1.91. The lowest BCUT2D eigenvalue weighted by molar-refractivity contribution is -0.383. The molecule has 3 N–H and O–H groups in total. The fourth-order valence-electron chi connectivity index (χ4n) is 1.15. The highest BCUT2D eigenvalue weighted by molar-refractivity contribution is 7.46. The van der Waals surface area contributed by atoms with Gasteiger partial charge < -0.3 is 24.4 Å². The first-order valence-electron chi connectivity index (χ1n) is 5.46. The highest BCUT2D eigenvalue weighted by atomic mass is 31.2. The van der Waals surface area contributed by atoms with Crippen molar-refractivity contribution in [3.05, 3.63) is 0 Å². The van der Waals surface area contributed by atoms with Crippen LogP contribution in [-0.4, -0.2) is 38.0 Å². The topological polar surface area (TPSA) is 123 Å². The van der Waals surface area contributed by atoms with Crippen LogP contribution in [-0.2, 0) is 23.4 Å². The van der Waals surface area contributed by atoms with E-state index in [-0.39, 0.29) is 0 Å². The van der Waals surface area contributed by atoms with Crippen molar-refractivity contribution in [3.8, 4) is 0 Å². The molecule has 0 aromatic carbocycles. The van der Waals surface area contributed by atoms with Gasteiger partial charge in [-0.3, -0.25) is 0 Å². The van der Waals surface area contributed by atoms with Gasteiger partial charge in [0, 0.05) is 0 Å². The van der Waals surface area contributed by atoms with Gasteiger partial charge >= 0.3 is 19.8 Å². The maximum Gasteiger partial charge on any atom is 0.474 e. The summed E-state index contributed by atoms with van der Waals surface area (Å²) in [6.45, 7) is 9.00. The lowest BCUT2D eigenvalue weighted by Crippen LogP contribution is -2.54. The van der Waals surface area contributed by atoms with Crippen molar-refractivity contribution >= 4 is 13.8 Å². The summed E-state index contributed by atoms with van der Waals surface area (Å²) in [6.07, 6.45) is 0. The van der Waals surface area contributed by atoms with E-state index in [0.29, 0.717) is 0 Å². The molecule has 114 valence electrons. The van der Waals surface area contributed by atoms with Crippen molar-refractivity contribution in [2.24, 2.45) is 0 Å². The molecular weight excluding hydrogens is 279 g/mol. The molecule has 0 atom stereocenters. The summed E-state index contributed by atoms with van der Waals surface area (Å²) in [5.74, 6) is -4.68. The first-order chi connectivity index (χ1) is 8.06. The Balaban J connectivity index is 5.62. The molecule has 0 saturated carbocycles. The van der Waals surface area contributed by atoms with E-state index in [2.05, 4.69) is 4.52 Å². The Kier molecular flexibility index (Phi) is 5.33. The summed E-state index contributed by atoms with van der Waals surface area (Å²) >= 11 is 0. The van der Waals surface area contributed by atoms with Gasteiger partial charge in [-0.1, -0.05) is 0 Å². The summed E-state index contributed by atoms with van der Waals surface area (Å²) in [6, 6.07) is 0. The molecule has 19 heavy (non-hydrogen) atoms. The number of phosphoric ester groups is 1. The van der Waals surface area contributed by atoms with Gasteiger partial charge in [-0.15, -0.1) is 0 Å². The zero-order valence-corrected chi connectivity index (χ0v) is 12.7. The quantitative estimate of drug-likeness (QED) is 0.515. The molecule has 0 radical (unpaired) electrons. The third-order valence-corrected chi connectivity index (χ3v) is 1.86. The van der Waals surface area contributed by atoms with Crippen molar-refractivity contribution in [2.75, 3.05) is 0 Å². The maximum absolute atomic E-state index is 11.3. The maximum atomic E-state index is 11.3. The van der Waals surface area contributed by atoms with E-state index >= 15 is 0 Å². The first kappa shape index (κ1) is 18.5. The number of ether oxygens (including phenoxy) is 2. The van der Waals surface area contributed by atoms with Crippen LogP contribution >= 0.6 is 7.82 Å². The van der Waals surface area contributed by atoms with E-state index in [1.165, 1.54) is 41.5 Å². The smallest absolute Gasteiger partial charge is 0.474 e. The van der Waals surface area contributed by atoms with Gasteiger partial charge in [-0.05, 0) is 41.5 Å². The monoisotopic (exact) mass is 300 g/mol. The molecule has 0 aromatic heterocycles. The molecule has 0 bridgehead atoms. The fraction of sp³-hybridized carbons (Fsp3) is 0.900. The number of carboxylic acid groups (broad SMARTS) is 1. The summed E-state index contributed by atoms with van der Waals surface area (Å²) < 4.78 is 25.4. The number of hydrogen-bond acceptors (Lipinski definition) is 5. The Morgan fingerprint density at radius 1 is 0.947 bits per heavy atom. The predicted octanol–water partition coefficient (Wildman–Crippen LogP) is 1.46. The van der Waals surface area contributed by atoms with Gasteiger partial charge in [0.25, 0.3) is 0 Å². The molecule has 0 saturated heterocycles. The molecule has 0 aromatic rings. The van der Waals surface area contributed by atoms with Crippen molar-refractivity contribution in [1.82, 2.24) is 0 Å². The molecule has 0 spiro atoms. The second-order valence-corrected chi connectivity index (χ2v) is 7.04. The largest absolute Gasteiger partial charge is 0.475 e. The Bertz CT molecular complexity index is 356. The SMILES string of the molecule is CC(C)(C)OC(OC(C)(C)C)(OP(=O)(O)O)C(=O)O. The summed E-state index contributed by atoms with van der Waals surface area (Å²) in [5, 5.41) is 9.20. The zero-order valence-electron chi connectivity index (χ0n) is 11.8. The average molecular weight is 300 g/mol. The minimum absolute atomic E-state index is 1.07. The Morgan fingerprint density at radius 3 is 1.42 bits per heavy atom. The predicted molar refractivity (Wildman–Crippen MR) is 65.2 cm³/mol. The minimum atomic E-state index is -5.14. The molecule has 0 amide bonds. The van der Waals surface area contributed by atoms with Crippen molar-refractivity contribution in [2.45, 2.75) is 58.7 Å². The van der Waals surface area contributed by atoms with E-state index in [1.54, 1.807) is 0 Å². The summed E-state index contributed by atoms with van der Waals surface area (Å²) in [7, 11) is -5.14. The van der Waals surface area contributed by atoms with Gasteiger partial charge in [0.2, 0.25) is 0 Å². The highest BCUT2D eigenvalue weighted by Crippen LogP contribution is 2.45. The van der Waals surface area contributed by atoms with Crippen LogP contribution in [0.1, 0.15) is 41.5 Å². The van der Waals surface area contributed by atoms with Crippen molar-refractivity contribution < 1.29 is 38.3 Å². The lowest BCUT2D eigenvalue weighted by Gasteiger charge is -2.38. The second kappa shape index (κ2) is 5.47. The second-order valence-electron chi connectivity index (χ2n) is 5.87. The van der Waals surface area contributed by atoms with Gasteiger partial charge in [0.05, 0.1) is 11.2 Å². The van der Waals surface area contributed by atoms with Crippen LogP contribution in [0.2, 0.25) is 0 Å². The molecule has 0 unspecified atom stereocenters. The molecule has 0 rings (SSSR count). The van der Waals surface area contributed by atoms with E-state index in [1.807, 2.05) is 0 Å². The molecule has 0 heterocycles. The van der Waals surface area contributed by atoms with Crippen LogP contribution in [0.4, 0.5) is 0 Å². The number of carbonyl (C=O) groups is 1. The number of phosphoric acid groups is 1. The van der Waals surface area contributed by atoms with E-state index < -0.39 is 31.0 Å². The van der Waals surface area contributed by atoms with Crippen molar-refractivity contribution in [1.29, 1.82) is 0 Å². The molecule has 0 aliphatic carbocycles. The van der Waals surface area contributed by atoms with E-state index in [9.17, 15) is 14.5 Å². The third-order valence-electron chi connectivity index (χ3n) is 1.38. The highest BCUT2D eigenvalue weighted by Gasteiger charge is 2.53. The molecule has 9 heteroatoms. The van der Waals surface area contributed by atoms with Crippen LogP contribution in [0, 0.1) is 0 Å². The molecule has 0 aliphatic rings. The van der Waals surface area contributed by atoms with Gasteiger partial charge in [0.15, 0.2) is 0 Å². The van der Waals surface area contributed by atoms with Crippen LogP contribution < -0.4 is 0 Å². The standard InChI is InChI=1S/C10H21O8P/c1-8(2,3)16-10(7(11)12,17-9(4,5)6)18-19(13,14)15/h1-6H3,(H,11,12)(H2,13,14,15).